The van der Waals surface area contributed by atoms with E-state index >= 15 is 0 Å². The molecule has 0 aromatic carbocycles. The third-order valence-electron chi connectivity index (χ3n) is 4.47. The van der Waals surface area contributed by atoms with Gasteiger partial charge in [0, 0.05) is 25.2 Å². The predicted molar refractivity (Wildman–Crippen MR) is 78.8 cm³/mol. The standard InChI is InChI=1S/C16H32N2/c1-12(2)9-17-16-8-15(7-14-5-6-14)10-18(11-16)13(3)4/h12-17H,5-11H2,1-4H3. The van der Waals surface area contributed by atoms with Crippen molar-refractivity contribution < 1.29 is 0 Å². The number of nitrogens with zero attached hydrogens (tertiary/aromatic N) is 1. The number of hydrogen-bond donors (Lipinski definition) is 1. The Labute approximate surface area is 114 Å². The summed E-state index contributed by atoms with van der Waals surface area (Å²) in [5, 5.41) is 3.79. The minimum Gasteiger partial charge on any atom is -0.312 e. The molecule has 1 heterocycles. The number of likely N-dealkylation sites (tertiary alicyclic amines) is 1. The van der Waals surface area contributed by atoms with Gasteiger partial charge in [0.25, 0.3) is 0 Å². The summed E-state index contributed by atoms with van der Waals surface area (Å²) >= 11 is 0. The molecule has 1 saturated carbocycles. The van der Waals surface area contributed by atoms with E-state index in [1.54, 1.807) is 0 Å². The number of rotatable bonds is 6. The molecule has 2 aliphatic rings. The molecular formula is C16H32N2. The Hall–Kier alpha value is -0.0800. The van der Waals surface area contributed by atoms with Crippen molar-refractivity contribution in [2.75, 3.05) is 19.6 Å². The number of nitrogens with one attached hydrogen (secondary N) is 1. The summed E-state index contributed by atoms with van der Waals surface area (Å²) in [5.41, 5.74) is 0. The monoisotopic (exact) mass is 252 g/mol. The van der Waals surface area contributed by atoms with Gasteiger partial charge in [0.15, 0.2) is 0 Å². The minimum absolute atomic E-state index is 0.704. The topological polar surface area (TPSA) is 15.3 Å². The first-order valence-electron chi connectivity index (χ1n) is 8.02. The second-order valence-electron chi connectivity index (χ2n) is 7.33. The fourth-order valence-corrected chi connectivity index (χ4v) is 3.21. The third kappa shape index (κ3) is 4.55. The molecule has 0 radical (unpaired) electrons. The molecule has 1 aliphatic heterocycles. The summed E-state index contributed by atoms with van der Waals surface area (Å²) in [6, 6.07) is 1.43. The summed E-state index contributed by atoms with van der Waals surface area (Å²) < 4.78 is 0. The Morgan fingerprint density at radius 1 is 1.06 bits per heavy atom. The average Bonchev–Trinajstić information content (AvgIpc) is 3.10. The van der Waals surface area contributed by atoms with Crippen molar-refractivity contribution in [2.45, 2.75) is 65.5 Å². The largest absolute Gasteiger partial charge is 0.312 e. The van der Waals surface area contributed by atoms with Crippen LogP contribution in [0.3, 0.4) is 0 Å². The van der Waals surface area contributed by atoms with Gasteiger partial charge >= 0.3 is 0 Å². The summed E-state index contributed by atoms with van der Waals surface area (Å²) in [4.78, 5) is 2.69. The zero-order chi connectivity index (χ0) is 13.1. The van der Waals surface area contributed by atoms with Gasteiger partial charge in [-0.05, 0) is 51.0 Å². The summed E-state index contributed by atoms with van der Waals surface area (Å²) in [5.74, 6) is 2.78. The van der Waals surface area contributed by atoms with E-state index in [2.05, 4.69) is 37.9 Å². The van der Waals surface area contributed by atoms with Crippen LogP contribution in [0.2, 0.25) is 0 Å². The lowest BCUT2D eigenvalue weighted by molar-refractivity contribution is 0.104. The van der Waals surface area contributed by atoms with Crippen LogP contribution in [0, 0.1) is 17.8 Å². The van der Waals surface area contributed by atoms with E-state index in [9.17, 15) is 0 Å². The van der Waals surface area contributed by atoms with Crippen LogP contribution in [0.15, 0.2) is 0 Å². The van der Waals surface area contributed by atoms with Crippen LogP contribution in [0.5, 0.6) is 0 Å². The van der Waals surface area contributed by atoms with Crippen LogP contribution >= 0.6 is 0 Å². The molecule has 1 N–H and O–H groups in total. The highest BCUT2D eigenvalue weighted by Crippen LogP contribution is 2.38. The quantitative estimate of drug-likeness (QED) is 0.781. The third-order valence-corrected chi connectivity index (χ3v) is 4.47. The Bertz CT molecular complexity index is 245. The molecular weight excluding hydrogens is 220 g/mol. The smallest absolute Gasteiger partial charge is 0.0198 e. The van der Waals surface area contributed by atoms with Gasteiger partial charge in [-0.25, -0.2) is 0 Å². The second kappa shape index (κ2) is 6.38. The molecule has 0 aromatic heterocycles. The minimum atomic E-state index is 0.704. The van der Waals surface area contributed by atoms with Crippen molar-refractivity contribution in [1.29, 1.82) is 0 Å². The molecule has 0 amide bonds. The van der Waals surface area contributed by atoms with Gasteiger partial charge in [-0.15, -0.1) is 0 Å². The van der Waals surface area contributed by atoms with E-state index in [1.807, 2.05) is 0 Å². The summed E-state index contributed by atoms with van der Waals surface area (Å²) in [7, 11) is 0. The molecule has 0 aromatic rings. The molecule has 0 bridgehead atoms. The van der Waals surface area contributed by atoms with Gasteiger partial charge in [0.05, 0.1) is 0 Å². The van der Waals surface area contributed by atoms with E-state index < -0.39 is 0 Å². The Kier molecular flexibility index (Phi) is 5.08. The number of hydrogen-bond acceptors (Lipinski definition) is 2. The van der Waals surface area contributed by atoms with Crippen LogP contribution in [0.25, 0.3) is 0 Å². The van der Waals surface area contributed by atoms with E-state index in [0.29, 0.717) is 6.04 Å². The van der Waals surface area contributed by atoms with Crippen LogP contribution in [-0.4, -0.2) is 36.6 Å². The molecule has 2 rings (SSSR count). The van der Waals surface area contributed by atoms with Crippen molar-refractivity contribution in [3.8, 4) is 0 Å². The normalized spacial score (nSPS) is 30.3. The molecule has 1 saturated heterocycles. The molecule has 2 unspecified atom stereocenters. The highest BCUT2D eigenvalue weighted by molar-refractivity contribution is 4.88. The molecule has 1 aliphatic carbocycles. The number of piperidine rings is 1. The van der Waals surface area contributed by atoms with Gasteiger partial charge in [-0.1, -0.05) is 26.7 Å². The molecule has 2 nitrogen and oxygen atoms in total. The highest BCUT2D eigenvalue weighted by atomic mass is 15.2. The van der Waals surface area contributed by atoms with E-state index in [0.717, 1.165) is 23.8 Å². The zero-order valence-electron chi connectivity index (χ0n) is 12.8. The lowest BCUT2D eigenvalue weighted by atomic mass is 9.89. The van der Waals surface area contributed by atoms with Crippen molar-refractivity contribution in [3.63, 3.8) is 0 Å². The lowest BCUT2D eigenvalue weighted by Crippen LogP contribution is -2.52. The Morgan fingerprint density at radius 3 is 2.33 bits per heavy atom. The molecule has 2 fully saturated rings. The van der Waals surface area contributed by atoms with Crippen LogP contribution in [-0.2, 0) is 0 Å². The summed E-state index contributed by atoms with van der Waals surface area (Å²) in [6.45, 7) is 13.1. The van der Waals surface area contributed by atoms with E-state index in [-0.39, 0.29) is 0 Å². The van der Waals surface area contributed by atoms with Gasteiger partial charge in [-0.3, -0.25) is 4.90 Å². The fourth-order valence-electron chi connectivity index (χ4n) is 3.21. The summed E-state index contributed by atoms with van der Waals surface area (Å²) in [6.07, 6.45) is 5.90. The van der Waals surface area contributed by atoms with Gasteiger partial charge in [0.2, 0.25) is 0 Å². The average molecular weight is 252 g/mol. The molecule has 106 valence electrons. The first-order valence-corrected chi connectivity index (χ1v) is 8.02. The molecule has 2 atom stereocenters. The maximum absolute atomic E-state index is 3.79. The fraction of sp³-hybridized carbons (Fsp3) is 1.00. The van der Waals surface area contributed by atoms with Gasteiger partial charge in [-0.2, -0.15) is 0 Å². The second-order valence-corrected chi connectivity index (χ2v) is 7.33. The van der Waals surface area contributed by atoms with Gasteiger partial charge < -0.3 is 5.32 Å². The van der Waals surface area contributed by atoms with Crippen molar-refractivity contribution in [3.05, 3.63) is 0 Å². The van der Waals surface area contributed by atoms with Crippen molar-refractivity contribution in [2.24, 2.45) is 17.8 Å². The van der Waals surface area contributed by atoms with Crippen molar-refractivity contribution >= 4 is 0 Å². The van der Waals surface area contributed by atoms with Crippen LogP contribution < -0.4 is 5.32 Å². The van der Waals surface area contributed by atoms with Crippen LogP contribution in [0.1, 0.15) is 53.4 Å². The lowest BCUT2D eigenvalue weighted by Gasteiger charge is -2.40. The SMILES string of the molecule is CC(C)CNC1CC(CC2CC2)CN(C(C)C)C1. The van der Waals surface area contributed by atoms with Gasteiger partial charge in [0.1, 0.15) is 0 Å². The molecule has 0 spiro atoms. The maximum Gasteiger partial charge on any atom is 0.0198 e. The van der Waals surface area contributed by atoms with E-state index in [4.69, 9.17) is 0 Å². The molecule has 2 heteroatoms. The zero-order valence-corrected chi connectivity index (χ0v) is 12.8. The maximum atomic E-state index is 3.79. The highest BCUT2D eigenvalue weighted by Gasteiger charge is 2.32. The Balaban J connectivity index is 1.83. The van der Waals surface area contributed by atoms with Crippen LogP contribution in [0.4, 0.5) is 0 Å². The Morgan fingerprint density at radius 2 is 1.78 bits per heavy atom. The predicted octanol–water partition coefficient (Wildman–Crippen LogP) is 3.13. The molecule has 18 heavy (non-hydrogen) atoms. The van der Waals surface area contributed by atoms with E-state index in [1.165, 1.54) is 45.3 Å². The first-order chi connectivity index (χ1) is 8.54. The van der Waals surface area contributed by atoms with Crippen molar-refractivity contribution in [1.82, 2.24) is 10.2 Å². The first kappa shape index (κ1) is 14.3.